The number of hydrogen-bond donors (Lipinski definition) is 2. The highest BCUT2D eigenvalue weighted by Gasteiger charge is 2.32. The fraction of sp³-hybridized carbons (Fsp3) is 0.375. The minimum Gasteiger partial charge on any atom is -0.464 e. The van der Waals surface area contributed by atoms with Crippen LogP contribution in [0.4, 0.5) is 9.80 Å². The van der Waals surface area contributed by atoms with Crippen LogP contribution in [0.15, 0.2) is 28.0 Å². The first-order valence-electron chi connectivity index (χ1n) is 7.53. The molecule has 2 aromatic heterocycles. The summed E-state index contributed by atoms with van der Waals surface area (Å²) < 4.78 is 5.68. The number of likely N-dealkylation sites (tertiary alicyclic amines) is 1. The molecule has 1 fully saturated rings. The minimum absolute atomic E-state index is 0.0490. The highest BCUT2D eigenvalue weighted by molar-refractivity contribution is 7.14. The van der Waals surface area contributed by atoms with Gasteiger partial charge in [-0.05, 0) is 43.3 Å². The zero-order valence-electron chi connectivity index (χ0n) is 13.1. The number of nitrogens with one attached hydrogen (secondary N) is 2. The average Bonchev–Trinajstić information content (AvgIpc) is 3.25. The fourth-order valence-corrected chi connectivity index (χ4v) is 3.60. The van der Waals surface area contributed by atoms with Crippen LogP contribution in [0.25, 0.3) is 0 Å². The van der Waals surface area contributed by atoms with Crippen LogP contribution in [0, 0.1) is 6.92 Å². The lowest BCUT2D eigenvalue weighted by Gasteiger charge is -2.23. The summed E-state index contributed by atoms with van der Waals surface area (Å²) in [4.78, 5) is 26.2. The van der Waals surface area contributed by atoms with Gasteiger partial charge >= 0.3 is 6.03 Å². The number of anilines is 1. The van der Waals surface area contributed by atoms with Crippen LogP contribution in [-0.4, -0.2) is 30.4 Å². The Hall–Kier alpha value is -2.28. The number of aryl methyl sites for hydroxylation is 1. The van der Waals surface area contributed by atoms with Gasteiger partial charge < -0.3 is 14.6 Å². The van der Waals surface area contributed by atoms with Crippen LogP contribution in [0.3, 0.4) is 0 Å². The number of nitrogens with zero attached hydrogens (tertiary/aromatic N) is 1. The molecule has 1 aliphatic heterocycles. The lowest BCUT2D eigenvalue weighted by Crippen LogP contribution is -2.34. The van der Waals surface area contributed by atoms with Gasteiger partial charge in [-0.1, -0.05) is 0 Å². The summed E-state index contributed by atoms with van der Waals surface area (Å²) in [5, 5.41) is 7.79. The Kier molecular flexibility index (Phi) is 4.38. The van der Waals surface area contributed by atoms with Crippen molar-refractivity contribution in [3.63, 3.8) is 0 Å². The summed E-state index contributed by atoms with van der Waals surface area (Å²) in [7, 11) is 1.57. The fourth-order valence-electron chi connectivity index (χ4n) is 2.83. The molecule has 0 aliphatic carbocycles. The first-order chi connectivity index (χ1) is 11.1. The molecule has 3 heterocycles. The van der Waals surface area contributed by atoms with Gasteiger partial charge in [-0.2, -0.15) is 0 Å². The summed E-state index contributed by atoms with van der Waals surface area (Å²) in [6.45, 7) is 2.57. The van der Waals surface area contributed by atoms with E-state index < -0.39 is 0 Å². The molecule has 6 nitrogen and oxygen atoms in total. The Labute approximate surface area is 138 Å². The average molecular weight is 333 g/mol. The number of amides is 3. The SMILES string of the molecule is CNC(=O)c1ccsc1NC(=O)N1CCCC1c1ccc(C)o1. The molecular weight excluding hydrogens is 314 g/mol. The van der Waals surface area contributed by atoms with Crippen molar-refractivity contribution < 1.29 is 14.0 Å². The minimum atomic E-state index is -0.207. The summed E-state index contributed by atoms with van der Waals surface area (Å²) in [6.07, 6.45) is 1.82. The Balaban J connectivity index is 1.75. The molecule has 23 heavy (non-hydrogen) atoms. The molecule has 0 saturated carbocycles. The van der Waals surface area contributed by atoms with Gasteiger partial charge in [0, 0.05) is 13.6 Å². The number of carbonyl (C=O) groups excluding carboxylic acids is 2. The molecule has 7 heteroatoms. The molecule has 122 valence electrons. The molecule has 2 aromatic rings. The maximum atomic E-state index is 12.6. The lowest BCUT2D eigenvalue weighted by atomic mass is 10.2. The summed E-state index contributed by atoms with van der Waals surface area (Å²) in [5.74, 6) is 1.45. The lowest BCUT2D eigenvalue weighted by molar-refractivity contribution is 0.0964. The molecule has 1 atom stereocenters. The number of carbonyl (C=O) groups is 2. The quantitative estimate of drug-likeness (QED) is 0.904. The van der Waals surface area contributed by atoms with Gasteiger partial charge in [-0.25, -0.2) is 4.79 Å². The third kappa shape index (κ3) is 3.10. The van der Waals surface area contributed by atoms with Crippen molar-refractivity contribution in [2.24, 2.45) is 0 Å². The van der Waals surface area contributed by atoms with Crippen LogP contribution < -0.4 is 10.6 Å². The van der Waals surface area contributed by atoms with E-state index in [1.165, 1.54) is 11.3 Å². The topological polar surface area (TPSA) is 74.6 Å². The van der Waals surface area contributed by atoms with Crippen LogP contribution in [0.5, 0.6) is 0 Å². The van der Waals surface area contributed by atoms with Gasteiger partial charge in [0.05, 0.1) is 11.6 Å². The standard InChI is InChI=1S/C16H19N3O3S/c1-10-5-6-13(22-10)12-4-3-8-19(12)16(21)18-15-11(7-9-23-15)14(20)17-2/h5-7,9,12H,3-4,8H2,1-2H3,(H,17,20)(H,18,21). The molecule has 1 saturated heterocycles. The third-order valence-electron chi connectivity index (χ3n) is 3.96. The highest BCUT2D eigenvalue weighted by Crippen LogP contribution is 2.34. The smallest absolute Gasteiger partial charge is 0.323 e. The van der Waals surface area contributed by atoms with E-state index in [-0.39, 0.29) is 18.0 Å². The highest BCUT2D eigenvalue weighted by atomic mass is 32.1. The predicted octanol–water partition coefficient (Wildman–Crippen LogP) is 3.38. The van der Waals surface area contributed by atoms with Gasteiger partial charge in [-0.3, -0.25) is 10.1 Å². The first kappa shape index (κ1) is 15.6. The molecule has 1 aliphatic rings. The summed E-state index contributed by atoms with van der Waals surface area (Å²) >= 11 is 1.34. The second kappa shape index (κ2) is 6.45. The number of rotatable bonds is 3. The van der Waals surface area contributed by atoms with E-state index in [4.69, 9.17) is 4.42 Å². The van der Waals surface area contributed by atoms with Crippen LogP contribution in [-0.2, 0) is 0 Å². The van der Waals surface area contributed by atoms with E-state index in [0.29, 0.717) is 17.1 Å². The Morgan fingerprint density at radius 3 is 2.87 bits per heavy atom. The van der Waals surface area contributed by atoms with Crippen molar-refractivity contribution in [3.8, 4) is 0 Å². The van der Waals surface area contributed by atoms with Gasteiger partial charge in [0.2, 0.25) is 0 Å². The molecule has 0 aromatic carbocycles. The van der Waals surface area contributed by atoms with E-state index in [1.807, 2.05) is 19.1 Å². The van der Waals surface area contributed by atoms with Crippen molar-refractivity contribution in [3.05, 3.63) is 40.7 Å². The van der Waals surface area contributed by atoms with Crippen molar-refractivity contribution in [2.75, 3.05) is 18.9 Å². The monoisotopic (exact) mass is 333 g/mol. The number of thiophene rings is 1. The van der Waals surface area contributed by atoms with Gasteiger partial charge in [0.15, 0.2) is 0 Å². The molecule has 0 radical (unpaired) electrons. The molecule has 0 spiro atoms. The summed E-state index contributed by atoms with van der Waals surface area (Å²) in [5.41, 5.74) is 0.482. The van der Waals surface area contributed by atoms with Crippen LogP contribution >= 0.6 is 11.3 Å². The van der Waals surface area contributed by atoms with Crippen molar-refractivity contribution in [2.45, 2.75) is 25.8 Å². The number of hydrogen-bond acceptors (Lipinski definition) is 4. The first-order valence-corrected chi connectivity index (χ1v) is 8.41. The zero-order chi connectivity index (χ0) is 16.4. The molecule has 2 N–H and O–H groups in total. The van der Waals surface area contributed by atoms with E-state index in [2.05, 4.69) is 10.6 Å². The van der Waals surface area contributed by atoms with Gasteiger partial charge in [-0.15, -0.1) is 11.3 Å². The Morgan fingerprint density at radius 2 is 2.17 bits per heavy atom. The largest absolute Gasteiger partial charge is 0.464 e. The molecule has 0 bridgehead atoms. The maximum absolute atomic E-state index is 12.6. The number of urea groups is 1. The van der Waals surface area contributed by atoms with Crippen molar-refractivity contribution in [1.82, 2.24) is 10.2 Å². The molecule has 3 rings (SSSR count). The Bertz CT molecular complexity index is 722. The van der Waals surface area contributed by atoms with Gasteiger partial charge in [0.1, 0.15) is 16.5 Å². The normalized spacial score (nSPS) is 17.3. The van der Waals surface area contributed by atoms with Crippen LogP contribution in [0.2, 0.25) is 0 Å². The van der Waals surface area contributed by atoms with E-state index in [0.717, 1.165) is 24.4 Å². The molecule has 3 amide bonds. The second-order valence-electron chi connectivity index (χ2n) is 5.47. The predicted molar refractivity (Wildman–Crippen MR) is 88.9 cm³/mol. The maximum Gasteiger partial charge on any atom is 0.323 e. The Morgan fingerprint density at radius 1 is 1.35 bits per heavy atom. The summed E-state index contributed by atoms with van der Waals surface area (Å²) in [6, 6.07) is 5.29. The second-order valence-corrected chi connectivity index (χ2v) is 6.39. The van der Waals surface area contributed by atoms with E-state index in [9.17, 15) is 9.59 Å². The van der Waals surface area contributed by atoms with Gasteiger partial charge in [0.25, 0.3) is 5.91 Å². The molecular formula is C16H19N3O3S. The van der Waals surface area contributed by atoms with E-state index >= 15 is 0 Å². The molecule has 1 unspecified atom stereocenters. The van der Waals surface area contributed by atoms with Crippen molar-refractivity contribution in [1.29, 1.82) is 0 Å². The number of furan rings is 1. The van der Waals surface area contributed by atoms with Crippen molar-refractivity contribution >= 4 is 28.3 Å². The zero-order valence-corrected chi connectivity index (χ0v) is 13.9. The van der Waals surface area contributed by atoms with Crippen LogP contribution in [0.1, 0.15) is 40.8 Å². The third-order valence-corrected chi connectivity index (χ3v) is 4.79. The van der Waals surface area contributed by atoms with E-state index in [1.54, 1.807) is 23.4 Å².